The number of hydrogen-bond acceptors (Lipinski definition) is 9. The lowest BCUT2D eigenvalue weighted by Gasteiger charge is -2.14. The van der Waals surface area contributed by atoms with Crippen molar-refractivity contribution in [1.82, 2.24) is 15.0 Å². The highest BCUT2D eigenvalue weighted by atomic mass is 35.5. The van der Waals surface area contributed by atoms with Gasteiger partial charge in [-0.1, -0.05) is 93.9 Å². The number of nitrogens with zero attached hydrogens (tertiary/aromatic N) is 2. The van der Waals surface area contributed by atoms with E-state index >= 15 is 0 Å². The zero-order valence-corrected chi connectivity index (χ0v) is 36.3. The van der Waals surface area contributed by atoms with Crippen LogP contribution in [0.5, 0.6) is 5.75 Å². The van der Waals surface area contributed by atoms with Gasteiger partial charge in [0.15, 0.2) is 10.3 Å². The molecule has 0 saturated heterocycles. The first-order valence-electron chi connectivity index (χ1n) is 20.0. The van der Waals surface area contributed by atoms with Crippen LogP contribution < -0.4 is 15.4 Å². The third-order valence-electron chi connectivity index (χ3n) is 10.3. The fourth-order valence-corrected chi connectivity index (χ4v) is 9.12. The Kier molecular flexibility index (Phi) is 13.5. The smallest absolute Gasteiger partial charge is 0.308 e. The third kappa shape index (κ3) is 10.5. The number of carboxylic acid groups (broad SMARTS) is 2. The van der Waals surface area contributed by atoms with Gasteiger partial charge in [-0.25, -0.2) is 9.97 Å². The maximum absolute atomic E-state index is 12.3. The van der Waals surface area contributed by atoms with Crippen molar-refractivity contribution in [3.8, 4) is 28.3 Å². The lowest BCUT2D eigenvalue weighted by Crippen LogP contribution is -2.25. The number of H-pyrrole nitrogens is 1. The number of aromatic amines is 1. The van der Waals surface area contributed by atoms with Gasteiger partial charge in [0.2, 0.25) is 0 Å². The van der Waals surface area contributed by atoms with Crippen LogP contribution in [0.3, 0.4) is 0 Å². The minimum atomic E-state index is -0.872. The molecule has 0 aliphatic rings. The summed E-state index contributed by atoms with van der Waals surface area (Å²) in [5.41, 5.74) is 7.49. The summed E-state index contributed by atoms with van der Waals surface area (Å²) >= 11 is 9.21. The Labute approximate surface area is 362 Å². The van der Waals surface area contributed by atoms with E-state index in [-0.39, 0.29) is 24.9 Å². The Hall–Kier alpha value is -5.69. The number of carboxylic acids is 2. The lowest BCUT2D eigenvalue weighted by molar-refractivity contribution is -0.142. The number of hydrogen-bond donors (Lipinski definition) is 5. The van der Waals surface area contributed by atoms with Crippen LogP contribution in [0.4, 0.5) is 10.3 Å². The van der Waals surface area contributed by atoms with Crippen molar-refractivity contribution in [2.24, 2.45) is 11.8 Å². The van der Waals surface area contributed by atoms with E-state index in [1.807, 2.05) is 103 Å². The minimum Gasteiger partial charge on any atom is -0.489 e. The number of thiazole rings is 2. The average molecular weight is 863 g/mol. The number of nitrogens with one attached hydrogen (secondary N) is 3. The van der Waals surface area contributed by atoms with Gasteiger partial charge in [-0.05, 0) is 89.2 Å². The summed E-state index contributed by atoms with van der Waals surface area (Å²) < 4.78 is 6.23. The summed E-state index contributed by atoms with van der Waals surface area (Å²) in [7, 11) is 0. The monoisotopic (exact) mass is 861 g/mol. The maximum Gasteiger partial charge on any atom is 0.308 e. The SMILES string of the molecule is CC(C)c1sc(NCC(Cc2ccc(COc3cccc(-c4nc(NCC(Cc5ccc6[nH]ccc6c5)C(=O)O)sc4C(C)C)c3)cc2)C(=O)O)nc1-c1ccc(Cl)cc1. The highest BCUT2D eigenvalue weighted by molar-refractivity contribution is 7.16. The topological polar surface area (TPSA) is 149 Å². The number of halogens is 1. The van der Waals surface area contributed by atoms with Gasteiger partial charge in [-0.2, -0.15) is 0 Å². The average Bonchev–Trinajstić information content (AvgIpc) is 4.00. The Morgan fingerprint density at radius 1 is 0.700 bits per heavy atom. The molecule has 0 saturated carbocycles. The van der Waals surface area contributed by atoms with Crippen molar-refractivity contribution in [2.75, 3.05) is 23.7 Å². The Bertz CT molecular complexity index is 2560. The molecule has 0 fully saturated rings. The molecular weight excluding hydrogens is 814 g/mol. The molecule has 0 radical (unpaired) electrons. The normalized spacial score (nSPS) is 12.5. The van der Waals surface area contributed by atoms with Crippen molar-refractivity contribution in [1.29, 1.82) is 0 Å². The molecule has 13 heteroatoms. The molecule has 0 amide bonds. The van der Waals surface area contributed by atoms with Crippen LogP contribution in [0, 0.1) is 11.8 Å². The standard InChI is InChI=1S/C47H48ClN5O5S2/c1-27(2)42-40(32-13-15-37(48)16-14-32)52-46(59-42)50-24-35(44(54)55)20-29-8-10-30(11-9-29)26-58-38-7-5-6-34(23-38)41-43(28(3)4)60-47(53-41)51-25-36(45(56)57)22-31-12-17-39-33(21-31)18-19-49-39/h5-19,21,23,27-28,35-36,49H,20,22,24-26H2,1-4H3,(H,50,52)(H,51,53)(H,54,55)(H,56,57). The molecule has 0 spiro atoms. The molecule has 3 aromatic heterocycles. The summed E-state index contributed by atoms with van der Waals surface area (Å²) in [6.07, 6.45) is 2.65. The van der Waals surface area contributed by atoms with Crippen LogP contribution in [0.2, 0.25) is 5.02 Å². The fourth-order valence-electron chi connectivity index (χ4n) is 7.00. The van der Waals surface area contributed by atoms with E-state index in [0.717, 1.165) is 59.9 Å². The predicted molar refractivity (Wildman–Crippen MR) is 244 cm³/mol. The minimum absolute atomic E-state index is 0.203. The first-order chi connectivity index (χ1) is 28.9. The third-order valence-corrected chi connectivity index (χ3v) is 13.2. The van der Waals surface area contributed by atoms with Crippen molar-refractivity contribution in [2.45, 2.75) is 59.0 Å². The van der Waals surface area contributed by atoms with Gasteiger partial charge in [0.25, 0.3) is 0 Å². The first kappa shape index (κ1) is 42.4. The zero-order valence-electron chi connectivity index (χ0n) is 33.9. The number of ether oxygens (including phenoxy) is 1. The Balaban J connectivity index is 0.952. The molecule has 4 aromatic carbocycles. The first-order valence-corrected chi connectivity index (χ1v) is 22.0. The summed E-state index contributed by atoms with van der Waals surface area (Å²) in [5.74, 6) is -1.85. The lowest BCUT2D eigenvalue weighted by atomic mass is 9.98. The van der Waals surface area contributed by atoms with Crippen LogP contribution in [-0.4, -0.2) is 50.2 Å². The number of fused-ring (bicyclic) bond motifs is 1. The number of anilines is 2. The van der Waals surface area contributed by atoms with Gasteiger partial charge in [0.1, 0.15) is 12.4 Å². The highest BCUT2D eigenvalue weighted by Gasteiger charge is 2.23. The molecule has 10 nitrogen and oxygen atoms in total. The molecular formula is C47H48ClN5O5S2. The molecule has 5 N–H and O–H groups in total. The van der Waals surface area contributed by atoms with Gasteiger partial charge in [0, 0.05) is 50.7 Å². The van der Waals surface area contributed by atoms with Crippen LogP contribution in [-0.2, 0) is 29.0 Å². The summed E-state index contributed by atoms with van der Waals surface area (Å²) in [6.45, 7) is 9.32. The van der Waals surface area contributed by atoms with Crippen LogP contribution in [0.1, 0.15) is 66.0 Å². The van der Waals surface area contributed by atoms with Crippen molar-refractivity contribution in [3.63, 3.8) is 0 Å². The largest absolute Gasteiger partial charge is 0.489 e. The molecule has 60 heavy (non-hydrogen) atoms. The zero-order chi connectivity index (χ0) is 42.3. The second-order valence-electron chi connectivity index (χ2n) is 15.6. The second kappa shape index (κ2) is 19.1. The van der Waals surface area contributed by atoms with Crippen LogP contribution in [0.15, 0.2) is 103 Å². The van der Waals surface area contributed by atoms with E-state index in [4.69, 9.17) is 26.3 Å². The van der Waals surface area contributed by atoms with E-state index in [2.05, 4.69) is 43.3 Å². The number of benzene rings is 4. The van der Waals surface area contributed by atoms with E-state index in [1.54, 1.807) is 22.7 Å². The number of aromatic nitrogens is 3. The Morgan fingerprint density at radius 2 is 1.27 bits per heavy atom. The van der Waals surface area contributed by atoms with Crippen molar-refractivity contribution >= 4 is 67.4 Å². The number of rotatable bonds is 19. The van der Waals surface area contributed by atoms with Gasteiger partial charge >= 0.3 is 11.9 Å². The molecule has 2 unspecified atom stereocenters. The van der Waals surface area contributed by atoms with Gasteiger partial charge < -0.3 is 30.6 Å². The van der Waals surface area contributed by atoms with Crippen molar-refractivity contribution in [3.05, 3.63) is 135 Å². The van der Waals surface area contributed by atoms with E-state index in [9.17, 15) is 19.8 Å². The predicted octanol–water partition coefficient (Wildman–Crippen LogP) is 11.6. The molecule has 7 aromatic rings. The van der Waals surface area contributed by atoms with Crippen molar-refractivity contribution < 1.29 is 24.5 Å². The summed E-state index contributed by atoms with van der Waals surface area (Å²) in [5, 5.41) is 29.9. The number of aliphatic carboxylic acids is 2. The van der Waals surface area contributed by atoms with Crippen LogP contribution in [0.25, 0.3) is 33.4 Å². The Morgan fingerprint density at radius 3 is 1.87 bits per heavy atom. The number of carbonyl (C=O) groups is 2. The maximum atomic E-state index is 12.3. The summed E-state index contributed by atoms with van der Waals surface area (Å²) in [6, 6.07) is 31.3. The molecule has 0 aliphatic heterocycles. The molecule has 2 atom stereocenters. The quantitative estimate of drug-likeness (QED) is 0.0535. The molecule has 3 heterocycles. The molecule has 310 valence electrons. The molecule has 7 rings (SSSR count). The van der Waals surface area contributed by atoms with E-state index in [1.165, 1.54) is 0 Å². The second-order valence-corrected chi connectivity index (χ2v) is 18.1. The van der Waals surface area contributed by atoms with Crippen LogP contribution >= 0.6 is 34.3 Å². The fraction of sp³-hybridized carbons (Fsp3) is 0.277. The molecule has 0 bridgehead atoms. The van der Waals surface area contributed by atoms with E-state index < -0.39 is 23.8 Å². The summed E-state index contributed by atoms with van der Waals surface area (Å²) in [4.78, 5) is 39.8. The van der Waals surface area contributed by atoms with Gasteiger partial charge in [-0.15, -0.1) is 22.7 Å². The van der Waals surface area contributed by atoms with Gasteiger partial charge in [-0.3, -0.25) is 9.59 Å². The highest BCUT2D eigenvalue weighted by Crippen LogP contribution is 2.38. The molecule has 0 aliphatic carbocycles. The van der Waals surface area contributed by atoms with E-state index in [0.29, 0.717) is 40.5 Å². The van der Waals surface area contributed by atoms with Gasteiger partial charge in [0.05, 0.1) is 23.2 Å².